The van der Waals surface area contributed by atoms with E-state index in [0.29, 0.717) is 41.6 Å². The molecule has 2 aromatic rings. The molecule has 0 aliphatic carbocycles. The molecule has 0 saturated carbocycles. The van der Waals surface area contributed by atoms with Crippen LogP contribution in [0.1, 0.15) is 25.3 Å². The molecule has 1 fully saturated rings. The Balaban J connectivity index is 1.83. The number of piperidine rings is 1. The Morgan fingerprint density at radius 1 is 1.03 bits per heavy atom. The van der Waals surface area contributed by atoms with Gasteiger partial charge in [0.1, 0.15) is 17.3 Å². The number of anilines is 1. The average molecular weight is 394 g/mol. The SMILES string of the molecule is COc1ccc(C2=C(N3CCCC(C)C3)C(=O)N(c3ccccc3F)C2=O)cc1. The number of halogens is 1. The van der Waals surface area contributed by atoms with Crippen LogP contribution in [0.3, 0.4) is 0 Å². The zero-order valence-corrected chi connectivity index (χ0v) is 16.5. The van der Waals surface area contributed by atoms with Crippen LogP contribution in [0.2, 0.25) is 0 Å². The summed E-state index contributed by atoms with van der Waals surface area (Å²) in [6.07, 6.45) is 2.03. The van der Waals surface area contributed by atoms with Gasteiger partial charge in [-0.15, -0.1) is 0 Å². The number of amides is 2. The number of hydrogen-bond donors (Lipinski definition) is 0. The predicted molar refractivity (Wildman–Crippen MR) is 109 cm³/mol. The maximum atomic E-state index is 14.5. The summed E-state index contributed by atoms with van der Waals surface area (Å²) < 4.78 is 19.7. The van der Waals surface area contributed by atoms with Gasteiger partial charge >= 0.3 is 0 Å². The van der Waals surface area contributed by atoms with E-state index in [4.69, 9.17) is 4.74 Å². The second kappa shape index (κ2) is 7.70. The lowest BCUT2D eigenvalue weighted by atomic mass is 9.98. The molecule has 6 heteroatoms. The Morgan fingerprint density at radius 3 is 2.41 bits per heavy atom. The minimum atomic E-state index is -0.600. The molecule has 2 aromatic carbocycles. The molecule has 2 aliphatic rings. The number of benzene rings is 2. The van der Waals surface area contributed by atoms with E-state index in [2.05, 4.69) is 6.92 Å². The van der Waals surface area contributed by atoms with Crippen molar-refractivity contribution >= 4 is 23.1 Å². The predicted octanol–water partition coefficient (Wildman–Crippen LogP) is 3.85. The number of para-hydroxylation sites is 1. The monoisotopic (exact) mass is 394 g/mol. The van der Waals surface area contributed by atoms with E-state index in [1.807, 2.05) is 4.90 Å². The summed E-state index contributed by atoms with van der Waals surface area (Å²) in [6.45, 7) is 3.53. The fourth-order valence-corrected chi connectivity index (χ4v) is 4.07. The molecule has 2 amide bonds. The highest BCUT2D eigenvalue weighted by atomic mass is 19.1. The van der Waals surface area contributed by atoms with Crippen molar-refractivity contribution in [1.29, 1.82) is 0 Å². The van der Waals surface area contributed by atoms with Crippen molar-refractivity contribution in [3.63, 3.8) is 0 Å². The van der Waals surface area contributed by atoms with Gasteiger partial charge < -0.3 is 9.64 Å². The van der Waals surface area contributed by atoms with Crippen LogP contribution in [0.5, 0.6) is 5.75 Å². The molecular formula is C23H23FN2O3. The molecule has 2 aliphatic heterocycles. The van der Waals surface area contributed by atoms with Gasteiger partial charge in [-0.05, 0) is 48.6 Å². The van der Waals surface area contributed by atoms with Crippen LogP contribution in [0.4, 0.5) is 10.1 Å². The molecule has 29 heavy (non-hydrogen) atoms. The summed E-state index contributed by atoms with van der Waals surface area (Å²) in [5, 5.41) is 0. The van der Waals surface area contributed by atoms with Crippen LogP contribution in [0.25, 0.3) is 5.57 Å². The van der Waals surface area contributed by atoms with Gasteiger partial charge in [0.15, 0.2) is 0 Å². The Hall–Kier alpha value is -3.15. The number of imide groups is 1. The largest absolute Gasteiger partial charge is 0.497 e. The van der Waals surface area contributed by atoms with E-state index in [0.717, 1.165) is 17.7 Å². The Labute approximate surface area is 169 Å². The van der Waals surface area contributed by atoms with Crippen molar-refractivity contribution in [1.82, 2.24) is 4.90 Å². The van der Waals surface area contributed by atoms with Gasteiger partial charge in [0.25, 0.3) is 11.8 Å². The Bertz CT molecular complexity index is 984. The number of carbonyl (C=O) groups excluding carboxylic acids is 2. The third-order valence-corrected chi connectivity index (χ3v) is 5.50. The zero-order valence-electron chi connectivity index (χ0n) is 16.5. The summed E-state index contributed by atoms with van der Waals surface area (Å²) in [5.41, 5.74) is 1.27. The van der Waals surface area contributed by atoms with Crippen LogP contribution in [0.15, 0.2) is 54.2 Å². The lowest BCUT2D eigenvalue weighted by Crippen LogP contribution is -2.39. The maximum Gasteiger partial charge on any atom is 0.282 e. The molecule has 1 unspecified atom stereocenters. The number of carbonyl (C=O) groups is 2. The number of ether oxygens (including phenoxy) is 1. The minimum Gasteiger partial charge on any atom is -0.497 e. The van der Waals surface area contributed by atoms with Crippen molar-refractivity contribution in [3.8, 4) is 5.75 Å². The second-order valence-corrected chi connectivity index (χ2v) is 7.54. The van der Waals surface area contributed by atoms with Crippen LogP contribution >= 0.6 is 0 Å². The first-order valence-electron chi connectivity index (χ1n) is 9.78. The van der Waals surface area contributed by atoms with E-state index >= 15 is 0 Å². The van der Waals surface area contributed by atoms with E-state index in [9.17, 15) is 14.0 Å². The molecule has 0 bridgehead atoms. The highest BCUT2D eigenvalue weighted by molar-refractivity contribution is 6.45. The number of hydrogen-bond acceptors (Lipinski definition) is 4. The molecule has 1 atom stereocenters. The minimum absolute atomic E-state index is 0.0198. The molecule has 0 N–H and O–H groups in total. The van der Waals surface area contributed by atoms with Gasteiger partial charge in [0.2, 0.25) is 0 Å². The molecule has 2 heterocycles. The van der Waals surface area contributed by atoms with Gasteiger partial charge in [-0.1, -0.05) is 31.2 Å². The summed E-state index contributed by atoms with van der Waals surface area (Å²) >= 11 is 0. The first-order valence-corrected chi connectivity index (χ1v) is 9.78. The third-order valence-electron chi connectivity index (χ3n) is 5.50. The molecule has 150 valence electrons. The van der Waals surface area contributed by atoms with Crippen molar-refractivity contribution in [3.05, 3.63) is 65.6 Å². The molecule has 1 saturated heterocycles. The van der Waals surface area contributed by atoms with Crippen LogP contribution < -0.4 is 9.64 Å². The van der Waals surface area contributed by atoms with Crippen LogP contribution in [-0.2, 0) is 9.59 Å². The zero-order chi connectivity index (χ0) is 20.5. The normalized spacial score (nSPS) is 19.9. The first kappa shape index (κ1) is 19.2. The lowest BCUT2D eigenvalue weighted by molar-refractivity contribution is -0.120. The van der Waals surface area contributed by atoms with E-state index in [-0.39, 0.29) is 5.69 Å². The van der Waals surface area contributed by atoms with Gasteiger partial charge in [-0.3, -0.25) is 9.59 Å². The van der Waals surface area contributed by atoms with Crippen LogP contribution in [-0.4, -0.2) is 36.9 Å². The molecule has 0 spiro atoms. The van der Waals surface area contributed by atoms with Crippen molar-refractivity contribution in [2.75, 3.05) is 25.1 Å². The number of nitrogens with zero attached hydrogens (tertiary/aromatic N) is 2. The molecular weight excluding hydrogens is 371 g/mol. The van der Waals surface area contributed by atoms with Gasteiger partial charge in [-0.2, -0.15) is 0 Å². The molecule has 4 rings (SSSR count). The number of methoxy groups -OCH3 is 1. The Kier molecular flexibility index (Phi) is 5.09. The molecule has 5 nitrogen and oxygen atoms in total. The average Bonchev–Trinajstić information content (AvgIpc) is 2.99. The second-order valence-electron chi connectivity index (χ2n) is 7.54. The number of rotatable bonds is 4. The fraction of sp³-hybridized carbons (Fsp3) is 0.304. The topological polar surface area (TPSA) is 49.9 Å². The first-order chi connectivity index (χ1) is 14.0. The van der Waals surface area contributed by atoms with E-state index < -0.39 is 17.6 Å². The van der Waals surface area contributed by atoms with Crippen molar-refractivity contribution in [2.45, 2.75) is 19.8 Å². The smallest absolute Gasteiger partial charge is 0.282 e. The van der Waals surface area contributed by atoms with Gasteiger partial charge in [0, 0.05) is 13.1 Å². The van der Waals surface area contributed by atoms with Gasteiger partial charge in [0.05, 0.1) is 18.4 Å². The molecule has 0 aromatic heterocycles. The number of likely N-dealkylation sites (tertiary alicyclic amines) is 1. The van der Waals surface area contributed by atoms with E-state index in [1.54, 1.807) is 37.4 Å². The standard InChI is InChI=1S/C23H23FN2O3/c1-15-6-5-13-25(14-15)21-20(16-9-11-17(29-2)12-10-16)22(27)26(23(21)28)19-8-4-3-7-18(19)24/h3-4,7-12,15H,5-6,13-14H2,1-2H3. The summed E-state index contributed by atoms with van der Waals surface area (Å²) in [6, 6.07) is 12.9. The third kappa shape index (κ3) is 3.39. The highest BCUT2D eigenvalue weighted by Gasteiger charge is 2.43. The summed E-state index contributed by atoms with van der Waals surface area (Å²) in [7, 11) is 1.57. The highest BCUT2D eigenvalue weighted by Crippen LogP contribution is 2.37. The van der Waals surface area contributed by atoms with E-state index in [1.165, 1.54) is 18.2 Å². The summed E-state index contributed by atoms with van der Waals surface area (Å²) in [4.78, 5) is 29.7. The van der Waals surface area contributed by atoms with Gasteiger partial charge in [-0.25, -0.2) is 9.29 Å². The van der Waals surface area contributed by atoms with Crippen molar-refractivity contribution < 1.29 is 18.7 Å². The molecule has 0 radical (unpaired) electrons. The summed E-state index contributed by atoms with van der Waals surface area (Å²) in [5.74, 6) is -0.501. The maximum absolute atomic E-state index is 14.5. The fourth-order valence-electron chi connectivity index (χ4n) is 4.07. The van der Waals surface area contributed by atoms with Crippen LogP contribution in [0, 0.1) is 11.7 Å². The quantitative estimate of drug-likeness (QED) is 0.739. The lowest BCUT2D eigenvalue weighted by Gasteiger charge is -2.33. The van der Waals surface area contributed by atoms with Crippen molar-refractivity contribution in [2.24, 2.45) is 5.92 Å². The Morgan fingerprint density at radius 2 is 1.76 bits per heavy atom.